The predicted octanol–water partition coefficient (Wildman–Crippen LogP) is 4.97. The Balaban J connectivity index is 2.38. The van der Waals surface area contributed by atoms with Crippen molar-refractivity contribution in [1.29, 1.82) is 0 Å². The fourth-order valence-corrected chi connectivity index (χ4v) is 2.63. The largest absolute Gasteiger partial charge is 0.321 e. The maximum Gasteiger partial charge on any atom is 0.258 e. The Morgan fingerprint density at radius 2 is 1.67 bits per heavy atom. The van der Waals surface area contributed by atoms with Crippen LogP contribution < -0.4 is 5.32 Å². The first-order valence-electron chi connectivity index (χ1n) is 6.94. The standard InChI is InChI=1S/C17H17BrFNO/c1-3-11-7-5-8-12(4-2)16(11)20-17(21)13-9-6-10-14(18)15(13)19/h5-10H,3-4H2,1-2H3,(H,20,21). The van der Waals surface area contributed by atoms with E-state index in [0.29, 0.717) is 0 Å². The zero-order chi connectivity index (χ0) is 15.4. The first kappa shape index (κ1) is 15.7. The Kier molecular flexibility index (Phi) is 5.12. The molecule has 1 amide bonds. The van der Waals surface area contributed by atoms with Crippen molar-refractivity contribution in [2.24, 2.45) is 0 Å². The number of halogens is 2. The fraction of sp³-hybridized carbons (Fsp3) is 0.235. The smallest absolute Gasteiger partial charge is 0.258 e. The van der Waals surface area contributed by atoms with Crippen LogP contribution in [0.5, 0.6) is 0 Å². The second-order valence-corrected chi connectivity index (χ2v) is 5.57. The summed E-state index contributed by atoms with van der Waals surface area (Å²) in [6.45, 7) is 4.06. The van der Waals surface area contributed by atoms with Gasteiger partial charge in [0.05, 0.1) is 10.0 Å². The van der Waals surface area contributed by atoms with E-state index < -0.39 is 11.7 Å². The van der Waals surface area contributed by atoms with Gasteiger partial charge in [-0.1, -0.05) is 38.1 Å². The number of carbonyl (C=O) groups is 1. The van der Waals surface area contributed by atoms with Crippen molar-refractivity contribution in [1.82, 2.24) is 0 Å². The molecule has 2 nitrogen and oxygen atoms in total. The van der Waals surface area contributed by atoms with Crippen LogP contribution in [0.1, 0.15) is 35.3 Å². The van der Waals surface area contributed by atoms with Crippen LogP contribution in [0.25, 0.3) is 0 Å². The second kappa shape index (κ2) is 6.85. The van der Waals surface area contributed by atoms with Gasteiger partial charge < -0.3 is 5.32 Å². The number of carbonyl (C=O) groups excluding carboxylic acids is 1. The summed E-state index contributed by atoms with van der Waals surface area (Å²) in [6.07, 6.45) is 1.62. The molecule has 0 spiro atoms. The lowest BCUT2D eigenvalue weighted by atomic mass is 10.0. The van der Waals surface area contributed by atoms with Gasteiger partial charge in [0.15, 0.2) is 0 Å². The van der Waals surface area contributed by atoms with E-state index in [1.807, 2.05) is 32.0 Å². The summed E-state index contributed by atoms with van der Waals surface area (Å²) >= 11 is 3.10. The highest BCUT2D eigenvalue weighted by Gasteiger charge is 2.16. The van der Waals surface area contributed by atoms with Crippen LogP contribution in [0.15, 0.2) is 40.9 Å². The monoisotopic (exact) mass is 349 g/mol. The molecule has 0 aliphatic heterocycles. The lowest BCUT2D eigenvalue weighted by Crippen LogP contribution is -2.16. The maximum atomic E-state index is 14.0. The SMILES string of the molecule is CCc1cccc(CC)c1NC(=O)c1cccc(Br)c1F. The first-order valence-corrected chi connectivity index (χ1v) is 7.73. The molecule has 110 valence electrons. The molecule has 21 heavy (non-hydrogen) atoms. The minimum Gasteiger partial charge on any atom is -0.321 e. The van der Waals surface area contributed by atoms with Gasteiger partial charge in [-0.3, -0.25) is 4.79 Å². The van der Waals surface area contributed by atoms with Crippen molar-refractivity contribution in [2.75, 3.05) is 5.32 Å². The van der Waals surface area contributed by atoms with Crippen LogP contribution in [0.4, 0.5) is 10.1 Å². The molecule has 0 unspecified atom stereocenters. The van der Waals surface area contributed by atoms with E-state index in [1.54, 1.807) is 12.1 Å². The molecule has 0 heterocycles. The quantitative estimate of drug-likeness (QED) is 0.829. The molecular formula is C17H17BrFNO. The van der Waals surface area contributed by atoms with Crippen LogP contribution in [-0.4, -0.2) is 5.91 Å². The van der Waals surface area contributed by atoms with Crippen molar-refractivity contribution in [3.63, 3.8) is 0 Å². The Bertz CT molecular complexity index is 648. The molecule has 0 atom stereocenters. The molecule has 0 aromatic heterocycles. The summed E-state index contributed by atoms with van der Waals surface area (Å²) in [5, 5.41) is 2.87. The highest BCUT2D eigenvalue weighted by atomic mass is 79.9. The molecule has 4 heteroatoms. The van der Waals surface area contributed by atoms with E-state index in [-0.39, 0.29) is 10.0 Å². The van der Waals surface area contributed by atoms with E-state index in [4.69, 9.17) is 0 Å². The number of anilines is 1. The number of aryl methyl sites for hydroxylation is 2. The zero-order valence-electron chi connectivity index (χ0n) is 12.0. The van der Waals surface area contributed by atoms with Crippen LogP contribution in [0.2, 0.25) is 0 Å². The third kappa shape index (κ3) is 3.32. The summed E-state index contributed by atoms with van der Waals surface area (Å²) in [7, 11) is 0. The fourth-order valence-electron chi connectivity index (χ4n) is 2.26. The van der Waals surface area contributed by atoms with Gasteiger partial charge in [-0.05, 0) is 52.0 Å². The highest BCUT2D eigenvalue weighted by molar-refractivity contribution is 9.10. The van der Waals surface area contributed by atoms with E-state index in [1.165, 1.54) is 6.07 Å². The summed E-state index contributed by atoms with van der Waals surface area (Å²) < 4.78 is 14.3. The molecule has 0 radical (unpaired) electrons. The maximum absolute atomic E-state index is 14.0. The van der Waals surface area contributed by atoms with Crippen molar-refractivity contribution >= 4 is 27.5 Å². The van der Waals surface area contributed by atoms with Gasteiger partial charge in [0.25, 0.3) is 5.91 Å². The average Bonchev–Trinajstić information content (AvgIpc) is 2.50. The number of rotatable bonds is 4. The van der Waals surface area contributed by atoms with E-state index in [0.717, 1.165) is 29.7 Å². The molecule has 0 aliphatic rings. The Morgan fingerprint density at radius 1 is 1.10 bits per heavy atom. The van der Waals surface area contributed by atoms with Crippen LogP contribution in [0, 0.1) is 5.82 Å². The average molecular weight is 350 g/mol. The lowest BCUT2D eigenvalue weighted by Gasteiger charge is -2.14. The van der Waals surface area contributed by atoms with Crippen molar-refractivity contribution in [3.05, 3.63) is 63.4 Å². The lowest BCUT2D eigenvalue weighted by molar-refractivity contribution is 0.102. The van der Waals surface area contributed by atoms with Gasteiger partial charge in [0.1, 0.15) is 5.82 Å². The van der Waals surface area contributed by atoms with Crippen molar-refractivity contribution < 1.29 is 9.18 Å². The van der Waals surface area contributed by atoms with Gasteiger partial charge in [-0.2, -0.15) is 0 Å². The molecule has 0 saturated heterocycles. The Hall–Kier alpha value is -1.68. The van der Waals surface area contributed by atoms with Crippen LogP contribution in [0.3, 0.4) is 0 Å². The molecule has 2 rings (SSSR count). The number of para-hydroxylation sites is 1. The molecule has 2 aromatic carbocycles. The second-order valence-electron chi connectivity index (χ2n) is 4.71. The Morgan fingerprint density at radius 3 is 2.24 bits per heavy atom. The minimum atomic E-state index is -0.540. The van der Waals surface area contributed by atoms with Gasteiger partial charge in [-0.25, -0.2) is 4.39 Å². The molecule has 0 fully saturated rings. The minimum absolute atomic E-state index is 0.0392. The summed E-state index contributed by atoms with van der Waals surface area (Å²) in [6, 6.07) is 10.6. The summed E-state index contributed by atoms with van der Waals surface area (Å²) in [5.74, 6) is -0.966. The van der Waals surface area contributed by atoms with E-state index in [2.05, 4.69) is 21.2 Å². The third-order valence-electron chi connectivity index (χ3n) is 3.43. The molecule has 0 aliphatic carbocycles. The molecule has 0 saturated carbocycles. The van der Waals surface area contributed by atoms with Crippen LogP contribution in [-0.2, 0) is 12.8 Å². The molecule has 2 aromatic rings. The number of amides is 1. The van der Waals surface area contributed by atoms with Crippen LogP contribution >= 0.6 is 15.9 Å². The molecule has 0 bridgehead atoms. The summed E-state index contributed by atoms with van der Waals surface area (Å²) in [4.78, 5) is 12.4. The number of hydrogen-bond acceptors (Lipinski definition) is 1. The third-order valence-corrected chi connectivity index (χ3v) is 4.05. The van der Waals surface area contributed by atoms with E-state index in [9.17, 15) is 9.18 Å². The number of benzene rings is 2. The van der Waals surface area contributed by atoms with Crippen molar-refractivity contribution in [3.8, 4) is 0 Å². The molecular weight excluding hydrogens is 333 g/mol. The van der Waals surface area contributed by atoms with Gasteiger partial charge >= 0.3 is 0 Å². The normalized spacial score (nSPS) is 10.5. The predicted molar refractivity (Wildman–Crippen MR) is 87.3 cm³/mol. The van der Waals surface area contributed by atoms with Gasteiger partial charge in [0, 0.05) is 5.69 Å². The topological polar surface area (TPSA) is 29.1 Å². The number of nitrogens with one attached hydrogen (secondary N) is 1. The Labute approximate surface area is 132 Å². The zero-order valence-corrected chi connectivity index (χ0v) is 13.6. The van der Waals surface area contributed by atoms with Gasteiger partial charge in [0.2, 0.25) is 0 Å². The first-order chi connectivity index (χ1) is 10.1. The number of hydrogen-bond donors (Lipinski definition) is 1. The van der Waals surface area contributed by atoms with Gasteiger partial charge in [-0.15, -0.1) is 0 Å². The molecule has 1 N–H and O–H groups in total. The summed E-state index contributed by atoms with van der Waals surface area (Å²) in [5.41, 5.74) is 2.94. The van der Waals surface area contributed by atoms with E-state index >= 15 is 0 Å². The highest BCUT2D eigenvalue weighted by Crippen LogP contribution is 2.25. The van der Waals surface area contributed by atoms with Crippen molar-refractivity contribution in [2.45, 2.75) is 26.7 Å².